The molecule has 1 aromatic rings. The molecule has 0 aromatic heterocycles. The van der Waals surface area contributed by atoms with Crippen molar-refractivity contribution in [1.82, 2.24) is 0 Å². The molecule has 1 rings (SSSR count). The molecule has 0 aliphatic heterocycles. The van der Waals surface area contributed by atoms with Gasteiger partial charge in [-0.1, -0.05) is 18.2 Å². The third kappa shape index (κ3) is 3.46. The van der Waals surface area contributed by atoms with Crippen LogP contribution >= 0.6 is 8.69 Å². The second-order valence-corrected chi connectivity index (χ2v) is 2.15. The van der Waals surface area contributed by atoms with Crippen molar-refractivity contribution in [2.75, 3.05) is 0 Å². The molecule has 5 heteroatoms. The van der Waals surface area contributed by atoms with Crippen molar-refractivity contribution < 1.29 is 13.9 Å². The first-order chi connectivity index (χ1) is 5.34. The predicted octanol–water partition coefficient (Wildman–Crippen LogP) is 1.40. The minimum atomic E-state index is -0.615. The zero-order chi connectivity index (χ0) is 8.10. The summed E-state index contributed by atoms with van der Waals surface area (Å²) in [5.41, 5.74) is 0.399. The zero-order valence-corrected chi connectivity index (χ0v) is 6.45. The van der Waals surface area contributed by atoms with E-state index in [1.807, 2.05) is 0 Å². The van der Waals surface area contributed by atoms with Crippen LogP contribution in [0, 0.1) is 0 Å². The SMILES string of the molecule is O=POC(=O)c1ccccc1.[NaH]. The van der Waals surface area contributed by atoms with Crippen LogP contribution in [0.3, 0.4) is 0 Å². The monoisotopic (exact) mass is 192 g/mol. The molecule has 0 unspecified atom stereocenters. The Balaban J connectivity index is 0.00000121. The minimum absolute atomic E-state index is 0. The van der Waals surface area contributed by atoms with Gasteiger partial charge in [0, 0.05) is 0 Å². The summed E-state index contributed by atoms with van der Waals surface area (Å²) in [4.78, 5) is 10.8. The van der Waals surface area contributed by atoms with Crippen LogP contribution in [-0.2, 0) is 9.09 Å². The van der Waals surface area contributed by atoms with Crippen molar-refractivity contribution >= 4 is 44.2 Å². The molecule has 58 valence electrons. The van der Waals surface area contributed by atoms with Crippen LogP contribution in [0.15, 0.2) is 30.3 Å². The molecule has 0 heterocycles. The van der Waals surface area contributed by atoms with Crippen LogP contribution in [-0.4, -0.2) is 35.5 Å². The van der Waals surface area contributed by atoms with Crippen molar-refractivity contribution in [2.24, 2.45) is 0 Å². The molecule has 0 fully saturated rings. The van der Waals surface area contributed by atoms with E-state index in [-0.39, 0.29) is 29.6 Å². The van der Waals surface area contributed by atoms with E-state index in [4.69, 9.17) is 0 Å². The summed E-state index contributed by atoms with van der Waals surface area (Å²) in [5.74, 6) is -0.581. The van der Waals surface area contributed by atoms with Gasteiger partial charge >= 0.3 is 44.2 Å². The van der Waals surface area contributed by atoms with Gasteiger partial charge in [0.1, 0.15) is 0 Å². The topological polar surface area (TPSA) is 43.4 Å². The number of carbonyl (C=O) groups excluding carboxylic acids is 1. The van der Waals surface area contributed by atoms with E-state index in [1.165, 1.54) is 0 Å². The maximum atomic E-state index is 10.8. The van der Waals surface area contributed by atoms with Crippen molar-refractivity contribution in [3.8, 4) is 0 Å². The van der Waals surface area contributed by atoms with Gasteiger partial charge in [0.25, 0.3) is 0 Å². The van der Waals surface area contributed by atoms with Crippen molar-refractivity contribution in [1.29, 1.82) is 0 Å². The predicted molar refractivity (Wildman–Crippen MR) is 46.6 cm³/mol. The molecule has 12 heavy (non-hydrogen) atoms. The molecule has 3 nitrogen and oxygen atoms in total. The van der Waals surface area contributed by atoms with Gasteiger partial charge in [0.2, 0.25) is 0 Å². The van der Waals surface area contributed by atoms with Gasteiger partial charge in [-0.15, -0.1) is 0 Å². The number of benzene rings is 1. The van der Waals surface area contributed by atoms with E-state index in [0.29, 0.717) is 5.56 Å². The molecule has 0 bridgehead atoms. The maximum absolute atomic E-state index is 10.8. The van der Waals surface area contributed by atoms with E-state index >= 15 is 0 Å². The van der Waals surface area contributed by atoms with Crippen molar-refractivity contribution in [3.63, 3.8) is 0 Å². The van der Waals surface area contributed by atoms with Gasteiger partial charge < -0.3 is 4.52 Å². The van der Waals surface area contributed by atoms with E-state index in [1.54, 1.807) is 30.3 Å². The second kappa shape index (κ2) is 6.32. The standard InChI is InChI=1S/C7H5O3P.Na.H/c8-7(10-11-9)6-4-2-1-3-5-6;;/h1-5H;;. The summed E-state index contributed by atoms with van der Waals surface area (Å²) in [5, 5.41) is 0. The average molecular weight is 192 g/mol. The summed E-state index contributed by atoms with van der Waals surface area (Å²) < 4.78 is 14.0. The Morgan fingerprint density at radius 3 is 2.33 bits per heavy atom. The van der Waals surface area contributed by atoms with Gasteiger partial charge in [-0.25, -0.2) is 9.36 Å². The zero-order valence-electron chi connectivity index (χ0n) is 5.56. The number of hydrogen-bond acceptors (Lipinski definition) is 3. The number of hydrogen-bond donors (Lipinski definition) is 0. The Morgan fingerprint density at radius 1 is 1.25 bits per heavy atom. The molecule has 0 N–H and O–H groups in total. The van der Waals surface area contributed by atoms with Crippen molar-refractivity contribution in [2.45, 2.75) is 0 Å². The first kappa shape index (κ1) is 11.8. The van der Waals surface area contributed by atoms with Gasteiger partial charge in [-0.05, 0) is 12.1 Å². The number of rotatable bonds is 2. The molecular formula is C7H6NaO3P. The molecule has 0 saturated carbocycles. The van der Waals surface area contributed by atoms with Crippen LogP contribution in [0.2, 0.25) is 0 Å². The van der Waals surface area contributed by atoms with Gasteiger partial charge in [-0.2, -0.15) is 0 Å². The van der Waals surface area contributed by atoms with Gasteiger partial charge in [-0.3, -0.25) is 0 Å². The molecule has 1 aromatic carbocycles. The summed E-state index contributed by atoms with van der Waals surface area (Å²) in [7, 11) is -0.615. The van der Waals surface area contributed by atoms with Crippen LogP contribution in [0.4, 0.5) is 0 Å². The van der Waals surface area contributed by atoms with Gasteiger partial charge in [0.05, 0.1) is 5.56 Å². The molecular weight excluding hydrogens is 186 g/mol. The summed E-state index contributed by atoms with van der Waals surface area (Å²) >= 11 is 0. The first-order valence-electron chi connectivity index (χ1n) is 2.93. The van der Waals surface area contributed by atoms with E-state index in [0.717, 1.165) is 0 Å². The van der Waals surface area contributed by atoms with E-state index in [9.17, 15) is 9.36 Å². The van der Waals surface area contributed by atoms with Gasteiger partial charge in [0.15, 0.2) is 0 Å². The molecule has 0 saturated heterocycles. The molecule has 0 amide bonds. The summed E-state index contributed by atoms with van der Waals surface area (Å²) in [6, 6.07) is 8.38. The second-order valence-electron chi connectivity index (χ2n) is 1.82. The Labute approximate surface area is 93.7 Å². The van der Waals surface area contributed by atoms with Crippen LogP contribution in [0.25, 0.3) is 0 Å². The van der Waals surface area contributed by atoms with Crippen LogP contribution in [0.5, 0.6) is 0 Å². The molecule has 0 radical (unpaired) electrons. The Kier molecular flexibility index (Phi) is 6.21. The van der Waals surface area contributed by atoms with E-state index < -0.39 is 14.7 Å². The third-order valence-electron chi connectivity index (χ3n) is 1.13. The third-order valence-corrected chi connectivity index (χ3v) is 1.37. The Bertz CT molecular complexity index is 263. The fourth-order valence-electron chi connectivity index (χ4n) is 0.661. The molecule has 0 aliphatic rings. The van der Waals surface area contributed by atoms with Crippen LogP contribution < -0.4 is 0 Å². The molecule has 0 aliphatic carbocycles. The molecule has 0 atom stereocenters. The Hall–Kier alpha value is -0.210. The summed E-state index contributed by atoms with van der Waals surface area (Å²) in [6.07, 6.45) is 0. The Morgan fingerprint density at radius 2 is 1.83 bits per heavy atom. The fourth-order valence-corrected chi connectivity index (χ4v) is 0.834. The van der Waals surface area contributed by atoms with Crippen molar-refractivity contribution in [3.05, 3.63) is 35.9 Å². The number of carbonyl (C=O) groups is 1. The normalized spacial score (nSPS) is 8.67. The molecule has 0 spiro atoms. The quantitative estimate of drug-likeness (QED) is 0.525. The first-order valence-corrected chi connectivity index (χ1v) is 3.66. The fraction of sp³-hybridized carbons (Fsp3) is 0. The average Bonchev–Trinajstić information content (AvgIpc) is 2.07. The van der Waals surface area contributed by atoms with E-state index in [2.05, 4.69) is 4.52 Å². The summed E-state index contributed by atoms with van der Waals surface area (Å²) in [6.45, 7) is 0. The van der Waals surface area contributed by atoms with Crippen LogP contribution in [0.1, 0.15) is 10.4 Å².